The topological polar surface area (TPSA) is 118 Å². The van der Waals surface area contributed by atoms with Gasteiger partial charge in [0, 0.05) is 13.0 Å². The minimum Gasteiger partial charge on any atom is -0.364 e. The maximum absolute atomic E-state index is 11.4. The van der Waals surface area contributed by atoms with Crippen LogP contribution in [0.5, 0.6) is 0 Å². The van der Waals surface area contributed by atoms with Crippen molar-refractivity contribution in [2.75, 3.05) is 19.6 Å². The van der Waals surface area contributed by atoms with Crippen LogP contribution < -0.4 is 16.8 Å². The first-order valence-corrected chi connectivity index (χ1v) is 8.86. The number of carbonyl (C=O) groups is 1. The minimum absolute atomic E-state index is 0.136. The van der Waals surface area contributed by atoms with E-state index in [-0.39, 0.29) is 5.69 Å². The summed E-state index contributed by atoms with van der Waals surface area (Å²) in [6.07, 6.45) is 3.32. The molecule has 138 valence electrons. The van der Waals surface area contributed by atoms with E-state index in [9.17, 15) is 4.79 Å². The second-order valence-electron chi connectivity index (χ2n) is 5.98. The van der Waals surface area contributed by atoms with Crippen molar-refractivity contribution in [3.63, 3.8) is 0 Å². The van der Waals surface area contributed by atoms with Gasteiger partial charge in [0.1, 0.15) is 11.4 Å². The third-order valence-corrected chi connectivity index (χ3v) is 3.85. The second kappa shape index (κ2) is 10.7. The summed E-state index contributed by atoms with van der Waals surface area (Å²) in [7, 11) is 0. The smallest absolute Gasteiger partial charge is 0.267 e. The Bertz CT molecular complexity index is 878. The number of nitrogens with two attached hydrogens (primary N) is 2. The van der Waals surface area contributed by atoms with E-state index < -0.39 is 5.91 Å². The van der Waals surface area contributed by atoms with Crippen LogP contribution in [0.3, 0.4) is 0 Å². The molecule has 1 aromatic heterocycles. The zero-order valence-corrected chi connectivity index (χ0v) is 15.2. The molecule has 5 N–H and O–H groups in total. The van der Waals surface area contributed by atoms with Crippen molar-refractivity contribution in [2.45, 2.75) is 19.3 Å². The zero-order chi connectivity index (χ0) is 19.5. The predicted octanol–water partition coefficient (Wildman–Crippen LogP) is 1.79. The lowest BCUT2D eigenvalue weighted by Gasteiger charge is -2.05. The number of nitriles is 1. The number of amides is 1. The summed E-state index contributed by atoms with van der Waals surface area (Å²) in [5.74, 6) is 5.12. The molecular weight excluding hydrogens is 338 g/mol. The van der Waals surface area contributed by atoms with Gasteiger partial charge in [-0.25, -0.2) is 4.98 Å². The maximum atomic E-state index is 11.4. The Morgan fingerprint density at radius 3 is 2.56 bits per heavy atom. The summed E-state index contributed by atoms with van der Waals surface area (Å²) in [4.78, 5) is 15.5. The first kappa shape index (κ1) is 20.1. The van der Waals surface area contributed by atoms with E-state index in [1.54, 1.807) is 30.3 Å². The van der Waals surface area contributed by atoms with Crippen LogP contribution in [0.1, 0.15) is 41.0 Å². The van der Waals surface area contributed by atoms with E-state index in [1.165, 1.54) is 25.9 Å². The molecule has 6 heteroatoms. The lowest BCUT2D eigenvalue weighted by molar-refractivity contribution is 0.0995. The largest absolute Gasteiger partial charge is 0.364 e. The lowest BCUT2D eigenvalue weighted by atomic mass is 10.0. The van der Waals surface area contributed by atoms with Crippen LogP contribution in [0.15, 0.2) is 36.4 Å². The number of pyridine rings is 1. The van der Waals surface area contributed by atoms with E-state index in [2.05, 4.69) is 28.2 Å². The number of benzene rings is 1. The third-order valence-electron chi connectivity index (χ3n) is 3.85. The van der Waals surface area contributed by atoms with Gasteiger partial charge in [0.05, 0.1) is 11.6 Å². The van der Waals surface area contributed by atoms with Crippen LogP contribution in [0, 0.1) is 23.2 Å². The molecule has 1 aliphatic heterocycles. The third kappa shape index (κ3) is 6.56. The highest BCUT2D eigenvalue weighted by Gasteiger charge is 2.08. The summed E-state index contributed by atoms with van der Waals surface area (Å²) >= 11 is 0. The van der Waals surface area contributed by atoms with Crippen LogP contribution in [-0.4, -0.2) is 30.5 Å². The molecule has 0 saturated carbocycles. The summed E-state index contributed by atoms with van der Waals surface area (Å²) in [6.45, 7) is 2.96. The van der Waals surface area contributed by atoms with Gasteiger partial charge in [-0.05, 0) is 67.2 Å². The Labute approximate surface area is 159 Å². The molecule has 1 saturated heterocycles. The van der Waals surface area contributed by atoms with Crippen LogP contribution >= 0.6 is 0 Å². The van der Waals surface area contributed by atoms with Crippen molar-refractivity contribution in [3.8, 4) is 29.0 Å². The van der Waals surface area contributed by atoms with Crippen LogP contribution in [-0.2, 0) is 0 Å². The fourth-order valence-electron chi connectivity index (χ4n) is 2.51. The Hall–Kier alpha value is -3.19. The van der Waals surface area contributed by atoms with E-state index in [0.717, 1.165) is 11.1 Å². The molecule has 0 atom stereocenters. The molecule has 1 aromatic carbocycles. The lowest BCUT2D eigenvalue weighted by Crippen LogP contribution is -2.13. The summed E-state index contributed by atoms with van der Waals surface area (Å²) in [6, 6.07) is 12.5. The van der Waals surface area contributed by atoms with Crippen LogP contribution in [0.4, 0.5) is 0 Å². The van der Waals surface area contributed by atoms with Gasteiger partial charge < -0.3 is 16.8 Å². The van der Waals surface area contributed by atoms with Crippen molar-refractivity contribution in [1.82, 2.24) is 10.3 Å². The highest BCUT2D eigenvalue weighted by Crippen LogP contribution is 2.22. The summed E-state index contributed by atoms with van der Waals surface area (Å²) in [5, 5.41) is 12.2. The predicted molar refractivity (Wildman–Crippen MR) is 106 cm³/mol. The SMILES string of the molecule is C1CCNC1.N#Cc1cccc(-c2cc(C#CCCN)nc(C(N)=O)c2)c1. The first-order valence-electron chi connectivity index (χ1n) is 8.86. The average molecular weight is 361 g/mol. The summed E-state index contributed by atoms with van der Waals surface area (Å²) < 4.78 is 0. The van der Waals surface area contributed by atoms with E-state index in [0.29, 0.717) is 24.2 Å². The van der Waals surface area contributed by atoms with Gasteiger partial charge in [-0.3, -0.25) is 4.79 Å². The Morgan fingerprint density at radius 1 is 1.19 bits per heavy atom. The fourth-order valence-corrected chi connectivity index (χ4v) is 2.51. The minimum atomic E-state index is -0.625. The Morgan fingerprint density at radius 2 is 1.96 bits per heavy atom. The molecule has 2 aromatic rings. The molecule has 1 fully saturated rings. The molecule has 2 heterocycles. The van der Waals surface area contributed by atoms with Gasteiger partial charge in [-0.1, -0.05) is 18.1 Å². The molecule has 27 heavy (non-hydrogen) atoms. The Balaban J connectivity index is 0.000000451. The van der Waals surface area contributed by atoms with Gasteiger partial charge in [-0.15, -0.1) is 0 Å². The van der Waals surface area contributed by atoms with E-state index in [4.69, 9.17) is 16.7 Å². The molecular formula is C21H23N5O. The van der Waals surface area contributed by atoms with Crippen molar-refractivity contribution >= 4 is 5.91 Å². The quantitative estimate of drug-likeness (QED) is 0.720. The summed E-state index contributed by atoms with van der Waals surface area (Å²) in [5.41, 5.74) is 13.4. The number of aromatic nitrogens is 1. The fraction of sp³-hybridized carbons (Fsp3) is 0.286. The van der Waals surface area contributed by atoms with Crippen LogP contribution in [0.25, 0.3) is 11.1 Å². The standard InChI is InChI=1S/C17H14N4O.C4H9N/c18-7-2-1-6-15-9-14(10-16(21-15)17(20)22)13-5-3-4-12(8-13)11-19;1-2-4-5-3-1/h3-5,8-10H,2,7,18H2,(H2,20,22);5H,1-4H2. The number of hydrogen-bond acceptors (Lipinski definition) is 5. The van der Waals surface area contributed by atoms with Gasteiger partial charge >= 0.3 is 0 Å². The number of primary amides is 1. The monoisotopic (exact) mass is 361 g/mol. The van der Waals surface area contributed by atoms with Gasteiger partial charge in [0.25, 0.3) is 5.91 Å². The van der Waals surface area contributed by atoms with E-state index in [1.807, 2.05) is 6.07 Å². The van der Waals surface area contributed by atoms with E-state index >= 15 is 0 Å². The van der Waals surface area contributed by atoms with Crippen LogP contribution in [0.2, 0.25) is 0 Å². The zero-order valence-electron chi connectivity index (χ0n) is 15.2. The molecule has 1 aliphatic rings. The molecule has 0 radical (unpaired) electrons. The van der Waals surface area contributed by atoms with Crippen molar-refractivity contribution in [3.05, 3.63) is 53.3 Å². The normalized spacial score (nSPS) is 12.1. The molecule has 6 nitrogen and oxygen atoms in total. The highest BCUT2D eigenvalue weighted by molar-refractivity contribution is 5.92. The number of nitrogens with zero attached hydrogens (tertiary/aromatic N) is 2. The molecule has 0 spiro atoms. The number of nitrogens with one attached hydrogen (secondary N) is 1. The molecule has 0 bridgehead atoms. The van der Waals surface area contributed by atoms with Crippen molar-refractivity contribution in [2.24, 2.45) is 11.5 Å². The molecule has 0 unspecified atom stereocenters. The second-order valence-corrected chi connectivity index (χ2v) is 5.98. The van der Waals surface area contributed by atoms with Gasteiger partial charge in [0.15, 0.2) is 0 Å². The van der Waals surface area contributed by atoms with Crippen molar-refractivity contribution < 1.29 is 4.79 Å². The number of hydrogen-bond donors (Lipinski definition) is 3. The van der Waals surface area contributed by atoms with Crippen molar-refractivity contribution in [1.29, 1.82) is 5.26 Å². The molecule has 3 rings (SSSR count). The first-order chi connectivity index (χ1) is 13.1. The van der Waals surface area contributed by atoms with Gasteiger partial charge in [0.2, 0.25) is 0 Å². The molecule has 1 amide bonds. The van der Waals surface area contributed by atoms with Gasteiger partial charge in [-0.2, -0.15) is 5.26 Å². The number of rotatable bonds is 3. The number of carbonyl (C=O) groups excluding carboxylic acids is 1. The highest BCUT2D eigenvalue weighted by atomic mass is 16.1. The average Bonchev–Trinajstić information content (AvgIpc) is 3.28. The maximum Gasteiger partial charge on any atom is 0.267 e. The molecule has 0 aliphatic carbocycles. The Kier molecular flexibility index (Phi) is 7.99.